The Morgan fingerprint density at radius 1 is 1.33 bits per heavy atom. The van der Waals surface area contributed by atoms with Crippen LogP contribution in [-0.4, -0.2) is 35.6 Å². The second kappa shape index (κ2) is 8.98. The molecule has 0 amide bonds. The summed E-state index contributed by atoms with van der Waals surface area (Å²) >= 11 is 9.02. The van der Waals surface area contributed by atoms with Gasteiger partial charge in [0.2, 0.25) is 10.0 Å². The van der Waals surface area contributed by atoms with Crippen molar-refractivity contribution >= 4 is 51.3 Å². The van der Waals surface area contributed by atoms with Crippen LogP contribution >= 0.6 is 27.5 Å². The smallest absolute Gasteiger partial charge is 0.237 e. The van der Waals surface area contributed by atoms with Crippen molar-refractivity contribution in [3.63, 3.8) is 0 Å². The van der Waals surface area contributed by atoms with E-state index in [-0.39, 0.29) is 27.7 Å². The van der Waals surface area contributed by atoms with E-state index in [1.807, 2.05) is 0 Å². The van der Waals surface area contributed by atoms with E-state index < -0.39 is 23.9 Å². The summed E-state index contributed by atoms with van der Waals surface area (Å²) in [6.07, 6.45) is 0.428. The van der Waals surface area contributed by atoms with Crippen LogP contribution in [0, 0.1) is 5.82 Å². The van der Waals surface area contributed by atoms with E-state index in [1.165, 1.54) is 12.1 Å². The highest BCUT2D eigenvalue weighted by Gasteiger charge is 2.26. The molecule has 0 saturated carbocycles. The number of sulfonamides is 1. The standard InChI is InChI=1S/C15H24BrClFNO3SSi/c1-5-7-23(20,21)19(11-22-6-8-24(2,3)4)14-10-12(17)9-13(16)15(14)18/h9-10H,5-8,11H2,1-4H3. The molecule has 9 heteroatoms. The average Bonchev–Trinajstić information content (AvgIpc) is 2.41. The number of anilines is 1. The Kier molecular flexibility index (Phi) is 8.19. The van der Waals surface area contributed by atoms with Gasteiger partial charge < -0.3 is 4.74 Å². The van der Waals surface area contributed by atoms with E-state index in [0.29, 0.717) is 13.0 Å². The van der Waals surface area contributed by atoms with Crippen LogP contribution in [0.25, 0.3) is 0 Å². The summed E-state index contributed by atoms with van der Waals surface area (Å²) in [5, 5.41) is 0.247. The Balaban J connectivity index is 3.08. The van der Waals surface area contributed by atoms with E-state index in [9.17, 15) is 12.8 Å². The number of halogens is 3. The zero-order valence-corrected chi connectivity index (χ0v) is 18.6. The molecule has 0 aliphatic rings. The number of hydrogen-bond acceptors (Lipinski definition) is 3. The molecule has 0 spiro atoms. The average molecular weight is 461 g/mol. The Labute approximate surface area is 158 Å². The van der Waals surface area contributed by atoms with Gasteiger partial charge in [-0.2, -0.15) is 0 Å². The summed E-state index contributed by atoms with van der Waals surface area (Å²) in [6.45, 7) is 8.58. The van der Waals surface area contributed by atoms with Gasteiger partial charge in [-0.1, -0.05) is 38.2 Å². The van der Waals surface area contributed by atoms with Crippen molar-refractivity contribution in [1.82, 2.24) is 0 Å². The lowest BCUT2D eigenvalue weighted by Gasteiger charge is -2.25. The molecule has 0 unspecified atom stereocenters. The number of nitrogens with zero attached hydrogens (tertiary/aromatic N) is 1. The molecule has 0 aliphatic heterocycles. The molecule has 24 heavy (non-hydrogen) atoms. The van der Waals surface area contributed by atoms with E-state index in [1.54, 1.807) is 6.92 Å². The summed E-state index contributed by atoms with van der Waals surface area (Å²) < 4.78 is 46.1. The third-order valence-electron chi connectivity index (χ3n) is 3.25. The molecule has 0 heterocycles. The van der Waals surface area contributed by atoms with Crippen molar-refractivity contribution in [2.45, 2.75) is 39.0 Å². The van der Waals surface area contributed by atoms with Crippen molar-refractivity contribution in [1.29, 1.82) is 0 Å². The first-order chi connectivity index (χ1) is 11.0. The fourth-order valence-electron chi connectivity index (χ4n) is 1.92. The summed E-state index contributed by atoms with van der Waals surface area (Å²) in [6, 6.07) is 3.59. The third-order valence-corrected chi connectivity index (χ3v) is 7.64. The monoisotopic (exact) mass is 459 g/mol. The summed E-state index contributed by atoms with van der Waals surface area (Å²) in [7, 11) is -4.99. The molecule has 0 atom stereocenters. The van der Waals surface area contributed by atoms with Crippen LogP contribution in [0.3, 0.4) is 0 Å². The molecule has 0 bridgehead atoms. The lowest BCUT2D eigenvalue weighted by molar-refractivity contribution is 0.156. The molecule has 0 aromatic heterocycles. The van der Waals surface area contributed by atoms with E-state index in [4.69, 9.17) is 16.3 Å². The largest absolute Gasteiger partial charge is 0.360 e. The predicted octanol–water partition coefficient (Wildman–Crippen LogP) is 5.10. The number of benzene rings is 1. The van der Waals surface area contributed by atoms with Gasteiger partial charge in [0, 0.05) is 19.7 Å². The molecule has 1 aromatic carbocycles. The first-order valence-electron chi connectivity index (χ1n) is 7.70. The normalized spacial score (nSPS) is 12.5. The van der Waals surface area contributed by atoms with Gasteiger partial charge in [-0.15, -0.1) is 0 Å². The van der Waals surface area contributed by atoms with Crippen molar-refractivity contribution < 1.29 is 17.5 Å². The molecular formula is C15H24BrClFNO3SSi. The Morgan fingerprint density at radius 2 is 1.96 bits per heavy atom. The lowest BCUT2D eigenvalue weighted by Crippen LogP contribution is -2.36. The number of ether oxygens (including phenoxy) is 1. The van der Waals surface area contributed by atoms with Gasteiger partial charge in [-0.25, -0.2) is 17.1 Å². The minimum Gasteiger partial charge on any atom is -0.360 e. The van der Waals surface area contributed by atoms with Crippen molar-refractivity contribution in [2.24, 2.45) is 0 Å². The molecule has 4 nitrogen and oxygen atoms in total. The highest BCUT2D eigenvalue weighted by Crippen LogP contribution is 2.32. The molecular weight excluding hydrogens is 437 g/mol. The van der Waals surface area contributed by atoms with Gasteiger partial charge in [0.25, 0.3) is 0 Å². The molecule has 1 rings (SSSR count). The molecule has 138 valence electrons. The van der Waals surface area contributed by atoms with Crippen LogP contribution in [0.4, 0.5) is 10.1 Å². The first kappa shape index (κ1) is 21.9. The Morgan fingerprint density at radius 3 is 2.50 bits per heavy atom. The fraction of sp³-hybridized carbons (Fsp3) is 0.600. The van der Waals surface area contributed by atoms with Crippen LogP contribution in [-0.2, 0) is 14.8 Å². The van der Waals surface area contributed by atoms with Crippen LogP contribution < -0.4 is 4.31 Å². The van der Waals surface area contributed by atoms with Crippen molar-refractivity contribution in [3.8, 4) is 0 Å². The first-order valence-corrected chi connectivity index (χ1v) is 14.2. The third kappa shape index (κ3) is 6.63. The van der Waals surface area contributed by atoms with E-state index >= 15 is 0 Å². The molecule has 0 saturated heterocycles. The number of hydrogen-bond donors (Lipinski definition) is 0. The van der Waals surface area contributed by atoms with E-state index in [0.717, 1.165) is 10.3 Å². The molecule has 0 N–H and O–H groups in total. The maximum atomic E-state index is 14.4. The number of rotatable bonds is 9. The molecule has 0 fully saturated rings. The Hall–Kier alpha value is -0.153. The molecule has 0 aliphatic carbocycles. The van der Waals surface area contributed by atoms with Gasteiger partial charge in [0.15, 0.2) is 5.82 Å². The van der Waals surface area contributed by atoms with Crippen molar-refractivity contribution in [2.75, 3.05) is 23.4 Å². The summed E-state index contributed by atoms with van der Waals surface area (Å²) in [5.74, 6) is -0.763. The second-order valence-electron chi connectivity index (χ2n) is 6.73. The predicted molar refractivity (Wildman–Crippen MR) is 105 cm³/mol. The molecule has 1 aromatic rings. The van der Waals surface area contributed by atoms with Gasteiger partial charge in [-0.05, 0) is 40.5 Å². The summed E-state index contributed by atoms with van der Waals surface area (Å²) in [5.41, 5.74) is -0.101. The molecule has 0 radical (unpaired) electrons. The highest BCUT2D eigenvalue weighted by molar-refractivity contribution is 9.10. The minimum atomic E-state index is -3.70. The summed E-state index contributed by atoms with van der Waals surface area (Å²) in [4.78, 5) is 0. The zero-order valence-electron chi connectivity index (χ0n) is 14.4. The van der Waals surface area contributed by atoms with Gasteiger partial charge in [0.05, 0.1) is 15.9 Å². The van der Waals surface area contributed by atoms with Crippen LogP contribution in [0.5, 0.6) is 0 Å². The fourth-order valence-corrected chi connectivity index (χ4v) is 4.87. The highest BCUT2D eigenvalue weighted by atomic mass is 79.9. The quantitative estimate of drug-likeness (QED) is 0.223. The Bertz CT molecular complexity index is 667. The maximum Gasteiger partial charge on any atom is 0.237 e. The second-order valence-corrected chi connectivity index (χ2v) is 15.7. The van der Waals surface area contributed by atoms with Crippen molar-refractivity contribution in [3.05, 3.63) is 27.4 Å². The van der Waals surface area contributed by atoms with Gasteiger partial charge in [0.1, 0.15) is 6.73 Å². The zero-order chi connectivity index (χ0) is 18.5. The van der Waals surface area contributed by atoms with E-state index in [2.05, 4.69) is 35.6 Å². The maximum absolute atomic E-state index is 14.4. The minimum absolute atomic E-state index is 0.0893. The topological polar surface area (TPSA) is 46.6 Å². The van der Waals surface area contributed by atoms with Crippen LogP contribution in [0.1, 0.15) is 13.3 Å². The van der Waals surface area contributed by atoms with Crippen LogP contribution in [0.15, 0.2) is 16.6 Å². The van der Waals surface area contributed by atoms with Crippen LogP contribution in [0.2, 0.25) is 30.7 Å². The lowest BCUT2D eigenvalue weighted by atomic mass is 10.3. The van der Waals surface area contributed by atoms with Gasteiger partial charge >= 0.3 is 0 Å². The SMILES string of the molecule is CCCS(=O)(=O)N(COCC[Si](C)(C)C)c1cc(Cl)cc(Br)c1F. The van der Waals surface area contributed by atoms with Gasteiger partial charge in [-0.3, -0.25) is 0 Å².